The Morgan fingerprint density at radius 1 is 1.20 bits per heavy atom. The predicted molar refractivity (Wildman–Crippen MR) is 87.5 cm³/mol. The van der Waals surface area contributed by atoms with Gasteiger partial charge in [-0.2, -0.15) is 0 Å². The molecular weight excluding hydrogens is 262 g/mol. The average molecular weight is 285 g/mol. The van der Waals surface area contributed by atoms with E-state index >= 15 is 0 Å². The molecule has 0 saturated heterocycles. The Bertz CT molecular complexity index is 590. The molecule has 1 N–H and O–H groups in total. The van der Waals surface area contributed by atoms with Crippen LogP contribution in [0.5, 0.6) is 0 Å². The lowest BCUT2D eigenvalue weighted by Gasteiger charge is -2.16. The van der Waals surface area contributed by atoms with Gasteiger partial charge >= 0.3 is 0 Å². The van der Waals surface area contributed by atoms with E-state index in [1.807, 2.05) is 11.3 Å². The van der Waals surface area contributed by atoms with Gasteiger partial charge in [0, 0.05) is 22.3 Å². The van der Waals surface area contributed by atoms with Crippen molar-refractivity contribution in [3.05, 3.63) is 56.3 Å². The van der Waals surface area contributed by atoms with Crippen molar-refractivity contribution in [1.82, 2.24) is 5.32 Å². The third-order valence-electron chi connectivity index (χ3n) is 4.27. The lowest BCUT2D eigenvalue weighted by molar-refractivity contribution is 0.576. The SMILES string of the molecule is Cc1ccc(C(C)NCc2cc3c(s2)CCC3)c(C)c1. The lowest BCUT2D eigenvalue weighted by atomic mass is 10.0. The highest BCUT2D eigenvalue weighted by molar-refractivity contribution is 7.12. The number of aryl methyl sites for hydroxylation is 4. The Labute approximate surface area is 126 Å². The van der Waals surface area contributed by atoms with Crippen molar-refractivity contribution in [3.8, 4) is 0 Å². The zero-order valence-electron chi connectivity index (χ0n) is 12.6. The smallest absolute Gasteiger partial charge is 0.0305 e. The molecule has 1 atom stereocenters. The van der Waals surface area contributed by atoms with Crippen LogP contribution in [-0.2, 0) is 19.4 Å². The van der Waals surface area contributed by atoms with E-state index < -0.39 is 0 Å². The number of fused-ring (bicyclic) bond motifs is 1. The van der Waals surface area contributed by atoms with Gasteiger partial charge in [0.15, 0.2) is 0 Å². The molecule has 1 aromatic heterocycles. The van der Waals surface area contributed by atoms with E-state index in [0.717, 1.165) is 6.54 Å². The second kappa shape index (κ2) is 5.71. The topological polar surface area (TPSA) is 12.0 Å². The standard InChI is InChI=1S/C18H23NS/c1-12-7-8-17(13(2)9-12)14(3)19-11-16-10-15-5-4-6-18(15)20-16/h7-10,14,19H,4-6,11H2,1-3H3. The van der Waals surface area contributed by atoms with Crippen LogP contribution in [0.25, 0.3) is 0 Å². The predicted octanol–water partition coefficient (Wildman–Crippen LogP) is 4.70. The second-order valence-electron chi connectivity index (χ2n) is 5.98. The number of thiophene rings is 1. The highest BCUT2D eigenvalue weighted by Gasteiger charge is 2.15. The molecule has 1 aromatic carbocycles. The van der Waals surface area contributed by atoms with Crippen molar-refractivity contribution in [2.45, 2.75) is 52.6 Å². The maximum atomic E-state index is 3.67. The summed E-state index contributed by atoms with van der Waals surface area (Å²) in [6, 6.07) is 9.56. The van der Waals surface area contributed by atoms with Crippen LogP contribution < -0.4 is 5.32 Å². The normalized spacial score (nSPS) is 15.3. The molecule has 1 heterocycles. The van der Waals surface area contributed by atoms with Crippen LogP contribution in [0.3, 0.4) is 0 Å². The van der Waals surface area contributed by atoms with Gasteiger partial charge in [-0.1, -0.05) is 23.8 Å². The van der Waals surface area contributed by atoms with Crippen LogP contribution in [0, 0.1) is 13.8 Å². The summed E-state index contributed by atoms with van der Waals surface area (Å²) in [5, 5.41) is 3.67. The fraction of sp³-hybridized carbons (Fsp3) is 0.444. The highest BCUT2D eigenvalue weighted by atomic mass is 32.1. The summed E-state index contributed by atoms with van der Waals surface area (Å²) in [7, 11) is 0. The number of benzene rings is 1. The van der Waals surface area contributed by atoms with E-state index in [0.29, 0.717) is 6.04 Å². The van der Waals surface area contributed by atoms with Gasteiger partial charge in [0.2, 0.25) is 0 Å². The first kappa shape index (κ1) is 13.8. The molecular formula is C18H23NS. The van der Waals surface area contributed by atoms with Crippen molar-refractivity contribution in [1.29, 1.82) is 0 Å². The largest absolute Gasteiger partial charge is 0.305 e. The summed E-state index contributed by atoms with van der Waals surface area (Å²) in [6.07, 6.45) is 3.94. The Balaban J connectivity index is 1.65. The van der Waals surface area contributed by atoms with Gasteiger partial charge in [-0.15, -0.1) is 11.3 Å². The van der Waals surface area contributed by atoms with E-state index in [1.165, 1.54) is 40.8 Å². The summed E-state index contributed by atoms with van der Waals surface area (Å²) in [5.74, 6) is 0. The molecule has 2 heteroatoms. The quantitative estimate of drug-likeness (QED) is 0.858. The molecule has 0 radical (unpaired) electrons. The summed E-state index contributed by atoms with van der Waals surface area (Å²) in [4.78, 5) is 3.12. The van der Waals surface area contributed by atoms with Crippen LogP contribution >= 0.6 is 11.3 Å². The molecule has 0 saturated carbocycles. The minimum atomic E-state index is 0.410. The Morgan fingerprint density at radius 2 is 2.05 bits per heavy atom. The molecule has 1 aliphatic rings. The summed E-state index contributed by atoms with van der Waals surface area (Å²) < 4.78 is 0. The monoisotopic (exact) mass is 285 g/mol. The molecule has 0 spiro atoms. The molecule has 106 valence electrons. The zero-order valence-corrected chi connectivity index (χ0v) is 13.4. The van der Waals surface area contributed by atoms with Gasteiger partial charge in [-0.25, -0.2) is 0 Å². The zero-order chi connectivity index (χ0) is 14.1. The maximum absolute atomic E-state index is 3.67. The van der Waals surface area contributed by atoms with E-state index in [-0.39, 0.29) is 0 Å². The molecule has 0 amide bonds. The third kappa shape index (κ3) is 2.82. The van der Waals surface area contributed by atoms with E-state index in [9.17, 15) is 0 Å². The molecule has 0 aliphatic heterocycles. The van der Waals surface area contributed by atoms with Crippen LogP contribution in [0.4, 0.5) is 0 Å². The lowest BCUT2D eigenvalue weighted by Crippen LogP contribution is -2.18. The summed E-state index contributed by atoms with van der Waals surface area (Å²) in [6.45, 7) is 7.62. The first-order valence-corrected chi connectivity index (χ1v) is 8.36. The maximum Gasteiger partial charge on any atom is 0.0305 e. The second-order valence-corrected chi connectivity index (χ2v) is 7.20. The van der Waals surface area contributed by atoms with Crippen LogP contribution in [0.15, 0.2) is 24.3 Å². The van der Waals surface area contributed by atoms with Crippen molar-refractivity contribution in [2.24, 2.45) is 0 Å². The minimum absolute atomic E-state index is 0.410. The van der Waals surface area contributed by atoms with E-state index in [1.54, 1.807) is 10.4 Å². The fourth-order valence-corrected chi connectivity index (χ4v) is 4.36. The van der Waals surface area contributed by atoms with Gasteiger partial charge in [0.1, 0.15) is 0 Å². The van der Waals surface area contributed by atoms with Gasteiger partial charge in [0.25, 0.3) is 0 Å². The number of rotatable bonds is 4. The highest BCUT2D eigenvalue weighted by Crippen LogP contribution is 2.31. The average Bonchev–Trinajstić information content (AvgIpc) is 2.96. The van der Waals surface area contributed by atoms with Crippen molar-refractivity contribution < 1.29 is 0 Å². The molecule has 1 nitrogen and oxygen atoms in total. The molecule has 0 bridgehead atoms. The number of hydrogen-bond donors (Lipinski definition) is 1. The molecule has 0 fully saturated rings. The van der Waals surface area contributed by atoms with Gasteiger partial charge < -0.3 is 5.32 Å². The molecule has 20 heavy (non-hydrogen) atoms. The van der Waals surface area contributed by atoms with Crippen LogP contribution in [-0.4, -0.2) is 0 Å². The third-order valence-corrected chi connectivity index (χ3v) is 5.51. The van der Waals surface area contributed by atoms with E-state index in [4.69, 9.17) is 0 Å². The van der Waals surface area contributed by atoms with Crippen molar-refractivity contribution in [3.63, 3.8) is 0 Å². The molecule has 1 unspecified atom stereocenters. The van der Waals surface area contributed by atoms with Crippen LogP contribution in [0.1, 0.15) is 51.4 Å². The molecule has 2 aromatic rings. The van der Waals surface area contributed by atoms with Crippen molar-refractivity contribution >= 4 is 11.3 Å². The first-order valence-electron chi connectivity index (χ1n) is 7.54. The summed E-state index contributed by atoms with van der Waals surface area (Å²) in [5.41, 5.74) is 5.75. The Hall–Kier alpha value is -1.12. The summed E-state index contributed by atoms with van der Waals surface area (Å²) >= 11 is 2.00. The van der Waals surface area contributed by atoms with Gasteiger partial charge in [-0.05, 0) is 62.8 Å². The Morgan fingerprint density at radius 3 is 2.80 bits per heavy atom. The first-order chi connectivity index (χ1) is 9.63. The number of nitrogens with one attached hydrogen (secondary N) is 1. The molecule has 1 aliphatic carbocycles. The minimum Gasteiger partial charge on any atom is -0.305 e. The molecule has 3 rings (SSSR count). The van der Waals surface area contributed by atoms with Gasteiger partial charge in [0.05, 0.1) is 0 Å². The van der Waals surface area contributed by atoms with Crippen molar-refractivity contribution in [2.75, 3.05) is 0 Å². The van der Waals surface area contributed by atoms with Gasteiger partial charge in [-0.3, -0.25) is 0 Å². The fourth-order valence-electron chi connectivity index (χ4n) is 3.15. The Kier molecular flexibility index (Phi) is 3.95. The number of hydrogen-bond acceptors (Lipinski definition) is 2. The van der Waals surface area contributed by atoms with Crippen LogP contribution in [0.2, 0.25) is 0 Å². The van der Waals surface area contributed by atoms with E-state index in [2.05, 4.69) is 50.4 Å².